The molecule has 0 spiro atoms. The predicted octanol–water partition coefficient (Wildman–Crippen LogP) is 4.17. The minimum Gasteiger partial charge on any atom is -0.368 e. The Morgan fingerprint density at radius 1 is 1.00 bits per heavy atom. The molecule has 126 valence electrons. The van der Waals surface area contributed by atoms with Crippen LogP contribution in [0.2, 0.25) is 5.02 Å². The van der Waals surface area contributed by atoms with Gasteiger partial charge in [-0.05, 0) is 43.3 Å². The van der Waals surface area contributed by atoms with Crippen molar-refractivity contribution in [2.75, 3.05) is 31.1 Å². The third kappa shape index (κ3) is 4.25. The van der Waals surface area contributed by atoms with Gasteiger partial charge in [0.25, 0.3) is 0 Å². The number of carbonyl (C=O) groups excluding carboxylic acids is 1. The van der Waals surface area contributed by atoms with Crippen molar-refractivity contribution in [3.05, 3.63) is 59.6 Å². The summed E-state index contributed by atoms with van der Waals surface area (Å²) in [5.41, 5.74) is 1.23. The van der Waals surface area contributed by atoms with E-state index in [0.29, 0.717) is 0 Å². The summed E-state index contributed by atoms with van der Waals surface area (Å²) in [6.45, 7) is 5.30. The van der Waals surface area contributed by atoms with Gasteiger partial charge in [0.1, 0.15) is 0 Å². The van der Waals surface area contributed by atoms with Gasteiger partial charge in [-0.1, -0.05) is 29.8 Å². The molecule has 2 aromatic carbocycles. The average Bonchev–Trinajstić information content (AvgIpc) is 2.64. The number of anilines is 1. The predicted molar refractivity (Wildman–Crippen MR) is 102 cm³/mol. The van der Waals surface area contributed by atoms with Gasteiger partial charge in [0.2, 0.25) is 5.91 Å². The summed E-state index contributed by atoms with van der Waals surface area (Å²) < 4.78 is 0. The van der Waals surface area contributed by atoms with Crippen LogP contribution in [0.3, 0.4) is 0 Å². The molecule has 24 heavy (non-hydrogen) atoms. The van der Waals surface area contributed by atoms with Crippen molar-refractivity contribution in [1.29, 1.82) is 0 Å². The second kappa shape index (κ2) is 7.95. The van der Waals surface area contributed by atoms with Gasteiger partial charge in [0.05, 0.1) is 5.25 Å². The highest BCUT2D eigenvalue weighted by atomic mass is 35.5. The SMILES string of the molecule is C[C@@H](Sc1ccc(Cl)cc1)C(=O)N1CCN(c2ccccc2)CC1. The van der Waals surface area contributed by atoms with Crippen LogP contribution in [0.5, 0.6) is 0 Å². The minimum absolute atomic E-state index is 0.0885. The highest BCUT2D eigenvalue weighted by molar-refractivity contribution is 8.00. The van der Waals surface area contributed by atoms with Gasteiger partial charge in [-0.3, -0.25) is 4.79 Å². The number of carbonyl (C=O) groups is 1. The Balaban J connectivity index is 1.53. The van der Waals surface area contributed by atoms with E-state index in [4.69, 9.17) is 11.6 Å². The maximum Gasteiger partial charge on any atom is 0.235 e. The number of nitrogens with zero attached hydrogens (tertiary/aromatic N) is 2. The number of para-hydroxylation sites is 1. The molecular formula is C19H21ClN2OS. The van der Waals surface area contributed by atoms with Crippen LogP contribution in [-0.2, 0) is 4.79 Å². The molecule has 1 saturated heterocycles. The molecule has 0 unspecified atom stereocenters. The van der Waals surface area contributed by atoms with Gasteiger partial charge >= 0.3 is 0 Å². The first-order valence-corrected chi connectivity index (χ1v) is 9.40. The quantitative estimate of drug-likeness (QED) is 0.764. The van der Waals surface area contributed by atoms with Crippen LogP contribution in [0.15, 0.2) is 59.5 Å². The summed E-state index contributed by atoms with van der Waals surface area (Å²) in [4.78, 5) is 18.1. The summed E-state index contributed by atoms with van der Waals surface area (Å²) in [7, 11) is 0. The van der Waals surface area contributed by atoms with Gasteiger partial charge in [-0.2, -0.15) is 0 Å². The zero-order valence-corrected chi connectivity index (χ0v) is 15.3. The van der Waals surface area contributed by atoms with Crippen LogP contribution in [-0.4, -0.2) is 42.2 Å². The van der Waals surface area contributed by atoms with Crippen LogP contribution < -0.4 is 4.90 Å². The third-order valence-corrected chi connectivity index (χ3v) is 5.54. The lowest BCUT2D eigenvalue weighted by atomic mass is 10.2. The standard InChI is InChI=1S/C19H21ClN2OS/c1-15(24-18-9-7-16(20)8-10-18)19(23)22-13-11-21(12-14-22)17-5-3-2-4-6-17/h2-10,15H,11-14H2,1H3/t15-/m1/s1. The molecule has 0 bridgehead atoms. The monoisotopic (exact) mass is 360 g/mol. The topological polar surface area (TPSA) is 23.6 Å². The molecule has 5 heteroatoms. The molecule has 1 aliphatic rings. The summed E-state index contributed by atoms with van der Waals surface area (Å²) >= 11 is 7.50. The number of amides is 1. The van der Waals surface area contributed by atoms with E-state index in [2.05, 4.69) is 29.2 Å². The molecule has 3 rings (SSSR count). The molecule has 1 amide bonds. The van der Waals surface area contributed by atoms with Crippen LogP contribution in [0.1, 0.15) is 6.92 Å². The minimum atomic E-state index is -0.0885. The van der Waals surface area contributed by atoms with E-state index in [1.54, 1.807) is 11.8 Å². The lowest BCUT2D eigenvalue weighted by molar-refractivity contribution is -0.130. The molecule has 0 N–H and O–H groups in total. The molecule has 0 saturated carbocycles. The number of piperazine rings is 1. The molecule has 2 aromatic rings. The van der Waals surface area contributed by atoms with Crippen molar-refractivity contribution in [3.63, 3.8) is 0 Å². The summed E-state index contributed by atoms with van der Waals surface area (Å²) in [5, 5.41) is 0.629. The van der Waals surface area contributed by atoms with E-state index in [0.717, 1.165) is 36.1 Å². The third-order valence-electron chi connectivity index (χ3n) is 4.19. The van der Waals surface area contributed by atoms with Gasteiger partial charge in [-0.25, -0.2) is 0 Å². The van der Waals surface area contributed by atoms with E-state index in [1.165, 1.54) is 5.69 Å². The zero-order valence-electron chi connectivity index (χ0n) is 13.7. The number of hydrogen-bond donors (Lipinski definition) is 0. The Hall–Kier alpha value is -1.65. The molecule has 1 atom stereocenters. The van der Waals surface area contributed by atoms with Gasteiger partial charge in [0.15, 0.2) is 0 Å². The number of rotatable bonds is 4. The normalized spacial score (nSPS) is 16.1. The van der Waals surface area contributed by atoms with E-state index in [9.17, 15) is 4.79 Å². The number of benzene rings is 2. The molecule has 1 aliphatic heterocycles. The summed E-state index contributed by atoms with van der Waals surface area (Å²) in [6.07, 6.45) is 0. The van der Waals surface area contributed by atoms with Crippen LogP contribution in [0.4, 0.5) is 5.69 Å². The second-order valence-electron chi connectivity index (χ2n) is 5.86. The first-order chi connectivity index (χ1) is 11.6. The lowest BCUT2D eigenvalue weighted by Gasteiger charge is -2.37. The number of hydrogen-bond acceptors (Lipinski definition) is 3. The zero-order chi connectivity index (χ0) is 16.9. The van der Waals surface area contributed by atoms with Gasteiger partial charge < -0.3 is 9.80 Å². The highest BCUT2D eigenvalue weighted by Crippen LogP contribution is 2.26. The van der Waals surface area contributed by atoms with Crippen molar-refractivity contribution in [1.82, 2.24) is 4.90 Å². The Labute approximate surface area is 152 Å². The highest BCUT2D eigenvalue weighted by Gasteiger charge is 2.25. The van der Waals surface area contributed by atoms with Crippen molar-refractivity contribution in [2.45, 2.75) is 17.1 Å². The fourth-order valence-electron chi connectivity index (χ4n) is 2.85. The maximum absolute atomic E-state index is 12.7. The van der Waals surface area contributed by atoms with E-state index < -0.39 is 0 Å². The maximum atomic E-state index is 12.7. The fraction of sp³-hybridized carbons (Fsp3) is 0.316. The Kier molecular flexibility index (Phi) is 5.69. The second-order valence-corrected chi connectivity index (χ2v) is 7.71. The Morgan fingerprint density at radius 3 is 2.25 bits per heavy atom. The van der Waals surface area contributed by atoms with E-state index >= 15 is 0 Å². The fourth-order valence-corrected chi connectivity index (χ4v) is 3.93. The van der Waals surface area contributed by atoms with Crippen molar-refractivity contribution in [2.24, 2.45) is 0 Å². The molecule has 1 fully saturated rings. The van der Waals surface area contributed by atoms with Crippen molar-refractivity contribution < 1.29 is 4.79 Å². The van der Waals surface area contributed by atoms with Gasteiger partial charge in [-0.15, -0.1) is 11.8 Å². The first kappa shape index (κ1) is 17.2. The molecule has 0 radical (unpaired) electrons. The Morgan fingerprint density at radius 2 is 1.62 bits per heavy atom. The van der Waals surface area contributed by atoms with E-state index in [-0.39, 0.29) is 11.2 Å². The molecular weight excluding hydrogens is 340 g/mol. The Bertz CT molecular complexity index is 670. The molecule has 1 heterocycles. The number of thioether (sulfide) groups is 1. The van der Waals surface area contributed by atoms with Crippen LogP contribution >= 0.6 is 23.4 Å². The summed E-state index contributed by atoms with van der Waals surface area (Å²) in [6, 6.07) is 18.0. The lowest BCUT2D eigenvalue weighted by Crippen LogP contribution is -2.50. The van der Waals surface area contributed by atoms with Crippen LogP contribution in [0, 0.1) is 0 Å². The van der Waals surface area contributed by atoms with Gasteiger partial charge in [0, 0.05) is 41.8 Å². The smallest absolute Gasteiger partial charge is 0.235 e. The summed E-state index contributed by atoms with van der Waals surface area (Å²) in [5.74, 6) is 0.211. The van der Waals surface area contributed by atoms with Crippen molar-refractivity contribution >= 4 is 35.0 Å². The molecule has 3 nitrogen and oxygen atoms in total. The molecule has 0 aromatic heterocycles. The van der Waals surface area contributed by atoms with E-state index in [1.807, 2.05) is 42.2 Å². The number of halogens is 1. The largest absolute Gasteiger partial charge is 0.368 e. The van der Waals surface area contributed by atoms with Crippen molar-refractivity contribution in [3.8, 4) is 0 Å². The average molecular weight is 361 g/mol. The first-order valence-electron chi connectivity index (χ1n) is 8.14. The van der Waals surface area contributed by atoms with Crippen LogP contribution in [0.25, 0.3) is 0 Å². The molecule has 0 aliphatic carbocycles.